The average Bonchev–Trinajstić information content (AvgIpc) is 3.23. The fraction of sp³-hybridized carbons (Fsp3) is 0.943. The zero-order valence-electron chi connectivity index (χ0n) is 42.1. The van der Waals surface area contributed by atoms with E-state index < -0.39 is 20.0 Å². The monoisotopic (exact) mass is 900 g/mol. The maximum atomic E-state index is 13.0. The van der Waals surface area contributed by atoms with Gasteiger partial charge in [0.05, 0.1) is 39.9 Å². The summed E-state index contributed by atoms with van der Waals surface area (Å²) in [6, 6.07) is -0.760. The van der Waals surface area contributed by atoms with Crippen molar-refractivity contribution in [3.8, 4) is 0 Å². The van der Waals surface area contributed by atoms with E-state index in [0.717, 1.165) is 38.5 Å². The molecular formula is C53H108N2O6P+. The van der Waals surface area contributed by atoms with Crippen molar-refractivity contribution in [2.75, 3.05) is 40.9 Å². The molecule has 0 aliphatic rings. The van der Waals surface area contributed by atoms with Crippen LogP contribution in [0.25, 0.3) is 0 Å². The van der Waals surface area contributed by atoms with Crippen LogP contribution in [0.1, 0.15) is 271 Å². The number of hydrogen-bond donors (Lipinski definition) is 3. The van der Waals surface area contributed by atoms with Gasteiger partial charge < -0.3 is 19.8 Å². The third kappa shape index (κ3) is 47.2. The van der Waals surface area contributed by atoms with E-state index in [4.69, 9.17) is 9.05 Å². The first-order chi connectivity index (χ1) is 30.0. The molecule has 0 heterocycles. The second-order valence-corrected chi connectivity index (χ2v) is 21.4. The van der Waals surface area contributed by atoms with Crippen molar-refractivity contribution in [2.45, 2.75) is 283 Å². The highest BCUT2D eigenvalue weighted by molar-refractivity contribution is 7.47. The lowest BCUT2D eigenvalue weighted by Crippen LogP contribution is -2.46. The smallest absolute Gasteiger partial charge is 0.391 e. The van der Waals surface area contributed by atoms with E-state index in [9.17, 15) is 19.4 Å². The van der Waals surface area contributed by atoms with E-state index in [0.29, 0.717) is 23.9 Å². The quantitative estimate of drug-likeness (QED) is 0.0243. The average molecular weight is 900 g/mol. The summed E-state index contributed by atoms with van der Waals surface area (Å²) in [5.74, 6) is -0.145. The number of aliphatic hydroxyl groups excluding tert-OH is 1. The second-order valence-electron chi connectivity index (χ2n) is 20.0. The standard InChI is InChI=1S/C53H107N2O6P/c1-6-8-10-12-14-16-18-20-22-24-26-27-28-29-30-32-34-36-38-40-42-44-46-52(56)51(50-61-62(58,59)60-49-48-55(3,4)5)54-53(57)47-45-43-41-39-37-35-33-31-25-23-21-19-17-15-13-11-9-7-2/h23,25,51-52,56H,6-22,24,26-50H2,1-5H3,(H-,54,57,58,59)/p+1/b25-23-. The van der Waals surface area contributed by atoms with Gasteiger partial charge in [-0.3, -0.25) is 13.8 Å². The van der Waals surface area contributed by atoms with Crippen LogP contribution in [0.5, 0.6) is 0 Å². The molecule has 0 bridgehead atoms. The summed E-state index contributed by atoms with van der Waals surface area (Å²) in [6.07, 6.45) is 53.9. The van der Waals surface area contributed by atoms with Gasteiger partial charge in [-0.2, -0.15) is 0 Å². The molecule has 0 rings (SSSR count). The first kappa shape index (κ1) is 61.2. The van der Waals surface area contributed by atoms with Crippen LogP contribution < -0.4 is 5.32 Å². The SMILES string of the molecule is CCCCCCCCC/C=C\CCCCCCCCCC(=O)NC(COP(=O)(O)OCC[N+](C)(C)C)C(O)CCCCCCCCCCCCCCCCCCCCCCCC. The van der Waals surface area contributed by atoms with Crippen molar-refractivity contribution in [3.63, 3.8) is 0 Å². The van der Waals surface area contributed by atoms with Crippen molar-refractivity contribution >= 4 is 13.7 Å². The van der Waals surface area contributed by atoms with Gasteiger partial charge in [0.1, 0.15) is 13.2 Å². The molecular weight excluding hydrogens is 792 g/mol. The Morgan fingerprint density at radius 1 is 0.532 bits per heavy atom. The van der Waals surface area contributed by atoms with Gasteiger partial charge in [-0.25, -0.2) is 4.57 Å². The lowest BCUT2D eigenvalue weighted by molar-refractivity contribution is -0.870. The minimum Gasteiger partial charge on any atom is -0.391 e. The van der Waals surface area contributed by atoms with Crippen molar-refractivity contribution < 1.29 is 32.9 Å². The van der Waals surface area contributed by atoms with Gasteiger partial charge >= 0.3 is 7.82 Å². The van der Waals surface area contributed by atoms with Gasteiger partial charge in [0, 0.05) is 6.42 Å². The van der Waals surface area contributed by atoms with Crippen LogP contribution >= 0.6 is 7.82 Å². The summed E-state index contributed by atoms with van der Waals surface area (Å²) in [7, 11) is 1.62. The molecule has 0 fully saturated rings. The van der Waals surface area contributed by atoms with Crippen molar-refractivity contribution in [1.82, 2.24) is 5.32 Å². The fourth-order valence-corrected chi connectivity index (χ4v) is 8.96. The molecule has 0 aliphatic heterocycles. The first-order valence-electron chi connectivity index (χ1n) is 27.1. The van der Waals surface area contributed by atoms with E-state index >= 15 is 0 Å². The molecule has 370 valence electrons. The Labute approximate surface area is 386 Å². The summed E-state index contributed by atoms with van der Waals surface area (Å²) in [5, 5.41) is 14.0. The van der Waals surface area contributed by atoms with Gasteiger partial charge in [-0.05, 0) is 38.5 Å². The number of nitrogens with zero attached hydrogens (tertiary/aromatic N) is 1. The van der Waals surface area contributed by atoms with Crippen LogP contribution in [0.4, 0.5) is 0 Å². The van der Waals surface area contributed by atoms with Crippen LogP contribution in [0.2, 0.25) is 0 Å². The molecule has 8 nitrogen and oxygen atoms in total. The van der Waals surface area contributed by atoms with E-state index in [-0.39, 0.29) is 19.1 Å². The Bertz CT molecular complexity index is 1020. The summed E-state index contributed by atoms with van der Waals surface area (Å²) in [4.78, 5) is 23.3. The number of phosphoric ester groups is 1. The highest BCUT2D eigenvalue weighted by Crippen LogP contribution is 2.43. The number of carbonyl (C=O) groups excluding carboxylic acids is 1. The van der Waals surface area contributed by atoms with Crippen molar-refractivity contribution in [1.29, 1.82) is 0 Å². The number of carbonyl (C=O) groups is 1. The lowest BCUT2D eigenvalue weighted by Gasteiger charge is -2.26. The minimum absolute atomic E-state index is 0.0761. The number of hydrogen-bond acceptors (Lipinski definition) is 5. The molecule has 3 unspecified atom stereocenters. The molecule has 0 spiro atoms. The number of phosphoric acid groups is 1. The molecule has 62 heavy (non-hydrogen) atoms. The first-order valence-corrected chi connectivity index (χ1v) is 28.5. The maximum Gasteiger partial charge on any atom is 0.472 e. The summed E-state index contributed by atoms with van der Waals surface area (Å²) in [6.45, 7) is 4.92. The predicted molar refractivity (Wildman–Crippen MR) is 268 cm³/mol. The topological polar surface area (TPSA) is 105 Å². The molecule has 9 heteroatoms. The van der Waals surface area contributed by atoms with Crippen molar-refractivity contribution in [2.24, 2.45) is 0 Å². The highest BCUT2D eigenvalue weighted by atomic mass is 31.2. The number of unbranched alkanes of at least 4 members (excludes halogenated alkanes) is 35. The lowest BCUT2D eigenvalue weighted by atomic mass is 10.0. The van der Waals surface area contributed by atoms with E-state index in [2.05, 4.69) is 31.3 Å². The predicted octanol–water partition coefficient (Wildman–Crippen LogP) is 15.9. The van der Waals surface area contributed by atoms with Crippen LogP contribution in [0.15, 0.2) is 12.2 Å². The Kier molecular flexibility index (Phi) is 44.8. The number of aliphatic hydroxyl groups is 1. The van der Waals surface area contributed by atoms with Crippen LogP contribution in [-0.2, 0) is 18.4 Å². The number of allylic oxidation sites excluding steroid dienone is 2. The van der Waals surface area contributed by atoms with Gasteiger partial charge in [0.25, 0.3) is 0 Å². The van der Waals surface area contributed by atoms with E-state index in [1.165, 1.54) is 205 Å². The number of quaternary nitrogens is 1. The second kappa shape index (κ2) is 45.4. The largest absolute Gasteiger partial charge is 0.472 e. The number of nitrogens with one attached hydrogen (secondary N) is 1. The Hall–Kier alpha value is -0.760. The van der Waals surface area contributed by atoms with E-state index in [1.807, 2.05) is 21.1 Å². The van der Waals surface area contributed by atoms with E-state index in [1.54, 1.807) is 0 Å². The van der Waals surface area contributed by atoms with Gasteiger partial charge in [0.15, 0.2) is 0 Å². The number of amides is 1. The Morgan fingerprint density at radius 3 is 1.24 bits per heavy atom. The van der Waals surface area contributed by atoms with Crippen LogP contribution in [0.3, 0.4) is 0 Å². The third-order valence-corrected chi connectivity index (χ3v) is 13.5. The molecule has 3 atom stereocenters. The Morgan fingerprint density at radius 2 is 0.871 bits per heavy atom. The molecule has 0 aromatic rings. The number of likely N-dealkylation sites (N-methyl/N-ethyl adjacent to an activating group) is 1. The summed E-state index contributed by atoms with van der Waals surface area (Å²) >= 11 is 0. The van der Waals surface area contributed by atoms with Gasteiger partial charge in [-0.1, -0.05) is 238 Å². The highest BCUT2D eigenvalue weighted by Gasteiger charge is 2.28. The van der Waals surface area contributed by atoms with Crippen molar-refractivity contribution in [3.05, 3.63) is 12.2 Å². The fourth-order valence-electron chi connectivity index (χ4n) is 8.22. The molecule has 0 radical (unpaired) electrons. The van der Waals surface area contributed by atoms with Gasteiger partial charge in [0.2, 0.25) is 5.91 Å². The van der Waals surface area contributed by atoms with Crippen LogP contribution in [0, 0.1) is 0 Å². The normalized spacial score (nSPS) is 14.1. The van der Waals surface area contributed by atoms with Crippen LogP contribution in [-0.4, -0.2) is 73.4 Å². The van der Waals surface area contributed by atoms with Gasteiger partial charge in [-0.15, -0.1) is 0 Å². The summed E-state index contributed by atoms with van der Waals surface area (Å²) < 4.78 is 23.7. The zero-order valence-corrected chi connectivity index (χ0v) is 43.0. The molecule has 1 amide bonds. The molecule has 0 saturated heterocycles. The Balaban J connectivity index is 4.20. The summed E-state index contributed by atoms with van der Waals surface area (Å²) in [5.41, 5.74) is 0. The molecule has 0 aromatic heterocycles. The molecule has 3 N–H and O–H groups in total. The minimum atomic E-state index is -4.32. The molecule has 0 saturated carbocycles. The maximum absolute atomic E-state index is 13.0. The number of rotatable bonds is 50. The third-order valence-electron chi connectivity index (χ3n) is 12.5. The zero-order chi connectivity index (χ0) is 45.7. The molecule has 0 aromatic carbocycles. The molecule has 0 aliphatic carbocycles.